The normalized spacial score (nSPS) is 10.9. The molecule has 3 rings (SSSR count). The Kier molecular flexibility index (Phi) is 10.4. The summed E-state index contributed by atoms with van der Waals surface area (Å²) in [6.07, 6.45) is 5.35. The number of nitrogens with zero attached hydrogens (tertiary/aromatic N) is 2. The van der Waals surface area contributed by atoms with Crippen LogP contribution in [0.5, 0.6) is 11.5 Å². The van der Waals surface area contributed by atoms with Crippen LogP contribution in [-0.2, 0) is 6.54 Å². The predicted molar refractivity (Wildman–Crippen MR) is 136 cm³/mol. The van der Waals surface area contributed by atoms with E-state index >= 15 is 0 Å². The van der Waals surface area contributed by atoms with Crippen molar-refractivity contribution in [3.05, 3.63) is 95.5 Å². The number of hydrogen-bond acceptors (Lipinski definition) is 4. The third-order valence-corrected chi connectivity index (χ3v) is 4.65. The van der Waals surface area contributed by atoms with Crippen molar-refractivity contribution in [3.8, 4) is 11.5 Å². The minimum absolute atomic E-state index is 0.230. The van der Waals surface area contributed by atoms with Gasteiger partial charge in [-0.3, -0.25) is 9.79 Å². The van der Waals surface area contributed by atoms with Crippen LogP contribution in [0.2, 0.25) is 0 Å². The summed E-state index contributed by atoms with van der Waals surface area (Å²) in [5.74, 6) is 1.78. The third-order valence-electron chi connectivity index (χ3n) is 4.65. The van der Waals surface area contributed by atoms with Crippen molar-refractivity contribution in [2.45, 2.75) is 34.2 Å². The van der Waals surface area contributed by atoms with Crippen LogP contribution < -0.4 is 15.4 Å². The Morgan fingerprint density at radius 2 is 1.91 bits per heavy atom. The Morgan fingerprint density at radius 1 is 1.15 bits per heavy atom. The number of anilines is 1. The lowest BCUT2D eigenvalue weighted by atomic mass is 10.1. The fraction of sp³-hybridized carbons (Fsp3) is 0.222. The summed E-state index contributed by atoms with van der Waals surface area (Å²) in [5, 5.41) is 5.94. The first-order valence-electron chi connectivity index (χ1n) is 11.1. The van der Waals surface area contributed by atoms with Crippen LogP contribution >= 0.6 is 0 Å². The molecule has 7 heteroatoms. The summed E-state index contributed by atoms with van der Waals surface area (Å²) < 4.78 is 19.4. The summed E-state index contributed by atoms with van der Waals surface area (Å²) in [6.45, 7) is 7.96. The molecule has 2 aromatic carbocycles. The average molecular weight is 463 g/mol. The fourth-order valence-electron chi connectivity index (χ4n) is 3.03. The number of halogens is 1. The van der Waals surface area contributed by atoms with Crippen molar-refractivity contribution in [3.63, 3.8) is 0 Å². The van der Waals surface area contributed by atoms with Gasteiger partial charge >= 0.3 is 0 Å². The summed E-state index contributed by atoms with van der Waals surface area (Å²) in [5.41, 5.74) is 1.87. The van der Waals surface area contributed by atoms with Crippen molar-refractivity contribution >= 4 is 17.6 Å². The van der Waals surface area contributed by atoms with E-state index in [1.165, 1.54) is 12.1 Å². The molecule has 1 heterocycles. The minimum atomic E-state index is -0.336. The van der Waals surface area contributed by atoms with Gasteiger partial charge in [-0.25, -0.2) is 9.37 Å². The van der Waals surface area contributed by atoms with Crippen LogP contribution in [0.25, 0.3) is 0 Å². The molecule has 0 saturated heterocycles. The van der Waals surface area contributed by atoms with Gasteiger partial charge in [0.15, 0.2) is 0 Å². The first-order valence-corrected chi connectivity index (χ1v) is 11.1. The van der Waals surface area contributed by atoms with Gasteiger partial charge in [-0.15, -0.1) is 0 Å². The van der Waals surface area contributed by atoms with E-state index in [-0.39, 0.29) is 18.3 Å². The lowest BCUT2D eigenvalue weighted by Gasteiger charge is -2.13. The van der Waals surface area contributed by atoms with Gasteiger partial charge in [0.05, 0.1) is 0 Å². The van der Waals surface area contributed by atoms with Gasteiger partial charge in [0, 0.05) is 37.0 Å². The van der Waals surface area contributed by atoms with Gasteiger partial charge in [0.25, 0.3) is 5.91 Å². The fourth-order valence-corrected chi connectivity index (χ4v) is 3.03. The molecule has 34 heavy (non-hydrogen) atoms. The number of nitrogens with one attached hydrogen (secondary N) is 2. The summed E-state index contributed by atoms with van der Waals surface area (Å²) in [4.78, 5) is 21.1. The number of ether oxygens (including phenoxy) is 1. The first-order chi connectivity index (χ1) is 16.5. The highest BCUT2D eigenvalue weighted by Crippen LogP contribution is 2.28. The van der Waals surface area contributed by atoms with Gasteiger partial charge < -0.3 is 15.4 Å². The smallest absolute Gasteiger partial charge is 0.251 e. The van der Waals surface area contributed by atoms with E-state index in [1.807, 2.05) is 39.8 Å². The van der Waals surface area contributed by atoms with Crippen molar-refractivity contribution in [2.75, 3.05) is 12.4 Å². The lowest BCUT2D eigenvalue weighted by Crippen LogP contribution is -2.23. The van der Waals surface area contributed by atoms with Crippen LogP contribution in [-0.4, -0.2) is 23.8 Å². The number of aromatic nitrogens is 1. The van der Waals surface area contributed by atoms with E-state index in [4.69, 9.17) is 4.74 Å². The number of amidine groups is 1. The van der Waals surface area contributed by atoms with Crippen LogP contribution in [0, 0.1) is 12.7 Å². The topological polar surface area (TPSA) is 75.6 Å². The molecule has 6 nitrogen and oxygen atoms in total. The second-order valence-electron chi connectivity index (χ2n) is 6.95. The van der Waals surface area contributed by atoms with Crippen molar-refractivity contribution in [1.29, 1.82) is 0 Å². The highest BCUT2D eigenvalue weighted by atomic mass is 19.1. The average Bonchev–Trinajstić information content (AvgIpc) is 2.85. The summed E-state index contributed by atoms with van der Waals surface area (Å²) in [7, 11) is 1.69. The molecule has 3 aromatic rings. The number of benzene rings is 2. The Labute approximate surface area is 200 Å². The molecule has 2 N–H and O–H groups in total. The molecule has 0 spiro atoms. The van der Waals surface area contributed by atoms with Crippen molar-refractivity contribution in [1.82, 2.24) is 10.3 Å². The van der Waals surface area contributed by atoms with Gasteiger partial charge in [-0.05, 0) is 55.8 Å². The first kappa shape index (κ1) is 26.3. The maximum Gasteiger partial charge on any atom is 0.251 e. The van der Waals surface area contributed by atoms with E-state index in [0.29, 0.717) is 39.8 Å². The van der Waals surface area contributed by atoms with Gasteiger partial charge in [-0.1, -0.05) is 38.1 Å². The molecule has 0 atom stereocenters. The van der Waals surface area contributed by atoms with E-state index in [9.17, 15) is 9.18 Å². The molecule has 1 aromatic heterocycles. The zero-order valence-corrected chi connectivity index (χ0v) is 20.2. The molecule has 0 bridgehead atoms. The third kappa shape index (κ3) is 7.55. The highest BCUT2D eigenvalue weighted by Gasteiger charge is 2.13. The number of carbonyl (C=O) groups excluding carboxylic acids is 1. The maximum absolute atomic E-state index is 13.3. The second-order valence-corrected chi connectivity index (χ2v) is 6.95. The van der Waals surface area contributed by atoms with E-state index in [0.717, 1.165) is 0 Å². The molecular weight excluding hydrogens is 431 g/mol. The van der Waals surface area contributed by atoms with Gasteiger partial charge in [-0.2, -0.15) is 0 Å². The number of aliphatic imine (C=N–C) groups is 1. The van der Waals surface area contributed by atoms with Crippen LogP contribution in [0.4, 0.5) is 10.2 Å². The minimum Gasteiger partial charge on any atom is -0.457 e. The number of amides is 1. The van der Waals surface area contributed by atoms with Crippen LogP contribution in [0.1, 0.15) is 42.3 Å². The number of rotatable bonds is 7. The molecule has 0 radical (unpaired) electrons. The number of allylic oxidation sites excluding steroid dienone is 1. The Hall–Kier alpha value is -4.00. The van der Waals surface area contributed by atoms with Crippen LogP contribution in [0.3, 0.4) is 0 Å². The molecular formula is C27H31FN4O2. The number of hydrogen-bond donors (Lipinski definition) is 2. The molecule has 1 amide bonds. The maximum atomic E-state index is 13.3. The molecule has 0 aliphatic rings. The molecule has 178 valence electrons. The molecule has 0 aliphatic heterocycles. The molecule has 0 unspecified atom stereocenters. The Bertz CT molecular complexity index is 1160. The Morgan fingerprint density at radius 3 is 2.62 bits per heavy atom. The SMILES string of the molecule is C/C=C\C(=NC)Nc1cc(Oc2cccc(C(=O)NCc3cccc(F)c3)c2C)ccn1.CC. The molecule has 0 aliphatic carbocycles. The van der Waals surface area contributed by atoms with Gasteiger partial charge in [0.1, 0.15) is 29.0 Å². The molecule has 0 saturated carbocycles. The van der Waals surface area contributed by atoms with Crippen molar-refractivity contribution in [2.24, 2.45) is 4.99 Å². The van der Waals surface area contributed by atoms with E-state index in [2.05, 4.69) is 20.6 Å². The van der Waals surface area contributed by atoms with E-state index < -0.39 is 0 Å². The number of carbonyl (C=O) groups is 1. The summed E-state index contributed by atoms with van der Waals surface area (Å²) >= 11 is 0. The van der Waals surface area contributed by atoms with Crippen LogP contribution in [0.15, 0.2) is 77.9 Å². The Balaban J connectivity index is 0.00000199. The largest absolute Gasteiger partial charge is 0.457 e. The zero-order chi connectivity index (χ0) is 24.9. The van der Waals surface area contributed by atoms with Gasteiger partial charge in [0.2, 0.25) is 0 Å². The molecule has 0 fully saturated rings. The second kappa shape index (κ2) is 13.5. The lowest BCUT2D eigenvalue weighted by molar-refractivity contribution is 0.0950. The monoisotopic (exact) mass is 462 g/mol. The van der Waals surface area contributed by atoms with E-state index in [1.54, 1.807) is 55.7 Å². The number of pyridine rings is 1. The summed E-state index contributed by atoms with van der Waals surface area (Å²) in [6, 6.07) is 14.9. The highest BCUT2D eigenvalue weighted by molar-refractivity contribution is 6.03. The zero-order valence-electron chi connectivity index (χ0n) is 20.2. The quantitative estimate of drug-likeness (QED) is 0.319. The predicted octanol–water partition coefficient (Wildman–Crippen LogP) is 6.29. The van der Waals surface area contributed by atoms with Crippen molar-refractivity contribution < 1.29 is 13.9 Å². The standard InChI is InChI=1S/C25H25FN4O2.C2H6/c1-4-7-23(27-3)30-24-15-20(12-13-28-24)32-22-11-6-10-21(17(22)2)25(31)29-16-18-8-5-9-19(26)14-18;1-2/h4-15H,16H2,1-3H3,(H,29,31)(H,27,28,30);1-2H3/b7-4-;.